The van der Waals surface area contributed by atoms with Crippen LogP contribution in [0.5, 0.6) is 5.75 Å². The van der Waals surface area contributed by atoms with Gasteiger partial charge in [-0.05, 0) is 18.6 Å². The van der Waals surface area contributed by atoms with Crippen LogP contribution in [0, 0.1) is 5.82 Å². The van der Waals surface area contributed by atoms with Gasteiger partial charge in [-0.1, -0.05) is 25.6 Å². The van der Waals surface area contributed by atoms with E-state index in [1.165, 1.54) is 12.1 Å². The second-order valence-electron chi connectivity index (χ2n) is 3.82. The van der Waals surface area contributed by atoms with Gasteiger partial charge in [-0.25, -0.2) is 4.39 Å². The van der Waals surface area contributed by atoms with Crippen molar-refractivity contribution < 1.29 is 13.9 Å². The third-order valence-electron chi connectivity index (χ3n) is 2.34. The molecule has 0 aromatic heterocycles. The van der Waals surface area contributed by atoms with Gasteiger partial charge in [0.05, 0.1) is 6.61 Å². The topological polar surface area (TPSA) is 44.5 Å². The van der Waals surface area contributed by atoms with E-state index in [4.69, 9.17) is 27.4 Å². The highest BCUT2D eigenvalue weighted by atomic mass is 32.1. The molecule has 1 aromatic rings. The Balaban J connectivity index is 2.35. The Bertz CT molecular complexity index is 399. The zero-order valence-electron chi connectivity index (χ0n) is 10.4. The number of thiocarbonyl (C=S) groups is 1. The minimum absolute atomic E-state index is 0.0435. The summed E-state index contributed by atoms with van der Waals surface area (Å²) in [7, 11) is 0. The molecule has 1 aromatic carbocycles. The van der Waals surface area contributed by atoms with E-state index in [1.807, 2.05) is 0 Å². The zero-order valence-corrected chi connectivity index (χ0v) is 11.3. The number of hydrogen-bond acceptors (Lipinski definition) is 3. The summed E-state index contributed by atoms with van der Waals surface area (Å²) in [5, 5.41) is 0. The van der Waals surface area contributed by atoms with Crippen LogP contribution in [0.4, 0.5) is 4.39 Å². The standard InChI is InChI=1S/C13H18FNO2S/c1-2-3-6-16-7-8-17-10-4-5-11(13(15)18)12(14)9-10/h4-5,9H,2-3,6-8H2,1H3,(H2,15,18). The summed E-state index contributed by atoms with van der Waals surface area (Å²) >= 11 is 4.72. The molecule has 100 valence electrons. The van der Waals surface area contributed by atoms with E-state index in [2.05, 4.69) is 6.92 Å². The zero-order chi connectivity index (χ0) is 13.4. The lowest BCUT2D eigenvalue weighted by molar-refractivity contribution is 0.0979. The van der Waals surface area contributed by atoms with Gasteiger partial charge in [0.15, 0.2) is 0 Å². The van der Waals surface area contributed by atoms with Crippen LogP contribution in [0.1, 0.15) is 25.3 Å². The smallest absolute Gasteiger partial charge is 0.137 e. The Morgan fingerprint density at radius 3 is 2.72 bits per heavy atom. The fourth-order valence-electron chi connectivity index (χ4n) is 1.35. The molecule has 0 radical (unpaired) electrons. The second-order valence-corrected chi connectivity index (χ2v) is 4.26. The maximum atomic E-state index is 13.5. The summed E-state index contributed by atoms with van der Waals surface area (Å²) in [5.74, 6) is -0.0153. The van der Waals surface area contributed by atoms with Gasteiger partial charge >= 0.3 is 0 Å². The SMILES string of the molecule is CCCCOCCOc1ccc(C(N)=S)c(F)c1. The Morgan fingerprint density at radius 1 is 1.33 bits per heavy atom. The lowest BCUT2D eigenvalue weighted by Crippen LogP contribution is -2.12. The van der Waals surface area contributed by atoms with Crippen LogP contribution < -0.4 is 10.5 Å². The molecule has 0 fully saturated rings. The summed E-state index contributed by atoms with van der Waals surface area (Å²) in [4.78, 5) is 0.0435. The van der Waals surface area contributed by atoms with Crippen LogP contribution in [-0.2, 0) is 4.74 Å². The largest absolute Gasteiger partial charge is 0.491 e. The number of nitrogens with two attached hydrogens (primary N) is 1. The van der Waals surface area contributed by atoms with Crippen LogP contribution in [0.25, 0.3) is 0 Å². The van der Waals surface area contributed by atoms with Gasteiger partial charge in [0.1, 0.15) is 23.2 Å². The van der Waals surface area contributed by atoms with E-state index < -0.39 is 5.82 Å². The molecule has 2 N–H and O–H groups in total. The highest BCUT2D eigenvalue weighted by Gasteiger charge is 2.06. The molecule has 0 unspecified atom stereocenters. The van der Waals surface area contributed by atoms with Crippen LogP contribution in [0.2, 0.25) is 0 Å². The molecule has 0 saturated carbocycles. The van der Waals surface area contributed by atoms with Crippen molar-refractivity contribution in [1.82, 2.24) is 0 Å². The van der Waals surface area contributed by atoms with Crippen molar-refractivity contribution in [2.24, 2.45) is 5.73 Å². The first-order valence-corrected chi connectivity index (χ1v) is 6.36. The Labute approximate surface area is 112 Å². The molecule has 3 nitrogen and oxygen atoms in total. The number of ether oxygens (including phenoxy) is 2. The minimum Gasteiger partial charge on any atom is -0.491 e. The predicted octanol–water partition coefficient (Wildman–Crippen LogP) is 2.66. The molecule has 5 heteroatoms. The maximum absolute atomic E-state index is 13.5. The van der Waals surface area contributed by atoms with Crippen LogP contribution >= 0.6 is 12.2 Å². The second kappa shape index (κ2) is 8.00. The van der Waals surface area contributed by atoms with Crippen molar-refractivity contribution in [3.05, 3.63) is 29.6 Å². The molecule has 0 amide bonds. The van der Waals surface area contributed by atoms with Gasteiger partial charge in [0.2, 0.25) is 0 Å². The van der Waals surface area contributed by atoms with Gasteiger partial charge in [-0.15, -0.1) is 0 Å². The van der Waals surface area contributed by atoms with E-state index in [0.717, 1.165) is 19.4 Å². The lowest BCUT2D eigenvalue weighted by Gasteiger charge is -2.08. The van der Waals surface area contributed by atoms with Crippen LogP contribution in [0.15, 0.2) is 18.2 Å². The van der Waals surface area contributed by atoms with E-state index >= 15 is 0 Å². The minimum atomic E-state index is -0.466. The highest BCUT2D eigenvalue weighted by molar-refractivity contribution is 7.80. The molecule has 0 atom stereocenters. The van der Waals surface area contributed by atoms with Crippen molar-refractivity contribution in [1.29, 1.82) is 0 Å². The Hall–Kier alpha value is -1.20. The maximum Gasteiger partial charge on any atom is 0.137 e. The van der Waals surface area contributed by atoms with Gasteiger partial charge in [-0.3, -0.25) is 0 Å². The number of rotatable bonds is 8. The van der Waals surface area contributed by atoms with E-state index in [0.29, 0.717) is 19.0 Å². The first-order valence-electron chi connectivity index (χ1n) is 5.95. The monoisotopic (exact) mass is 271 g/mol. The third kappa shape index (κ3) is 4.98. The fourth-order valence-corrected chi connectivity index (χ4v) is 1.52. The van der Waals surface area contributed by atoms with E-state index in [1.54, 1.807) is 6.07 Å². The molecule has 0 bridgehead atoms. The predicted molar refractivity (Wildman–Crippen MR) is 73.5 cm³/mol. The fraction of sp³-hybridized carbons (Fsp3) is 0.462. The molecule has 0 heterocycles. The molecule has 18 heavy (non-hydrogen) atoms. The molecular formula is C13H18FNO2S. The van der Waals surface area contributed by atoms with E-state index in [-0.39, 0.29) is 10.6 Å². The van der Waals surface area contributed by atoms with Crippen molar-refractivity contribution in [2.45, 2.75) is 19.8 Å². The number of halogens is 1. The van der Waals surface area contributed by atoms with Gasteiger partial charge in [-0.2, -0.15) is 0 Å². The Kier molecular flexibility index (Phi) is 6.60. The van der Waals surface area contributed by atoms with Crippen LogP contribution in [-0.4, -0.2) is 24.8 Å². The number of unbranched alkanes of at least 4 members (excludes halogenated alkanes) is 1. The average Bonchev–Trinajstić information content (AvgIpc) is 2.33. The summed E-state index contributed by atoms with van der Waals surface area (Å²) < 4.78 is 24.2. The van der Waals surface area contributed by atoms with Gasteiger partial charge in [0, 0.05) is 18.2 Å². The Morgan fingerprint density at radius 2 is 2.11 bits per heavy atom. The molecule has 0 aliphatic rings. The molecule has 0 spiro atoms. The number of hydrogen-bond donors (Lipinski definition) is 1. The molecule has 0 saturated heterocycles. The van der Waals surface area contributed by atoms with E-state index in [9.17, 15) is 4.39 Å². The quantitative estimate of drug-likeness (QED) is 0.583. The summed E-state index contributed by atoms with van der Waals surface area (Å²) in [5.41, 5.74) is 5.60. The average molecular weight is 271 g/mol. The normalized spacial score (nSPS) is 10.3. The summed E-state index contributed by atoms with van der Waals surface area (Å²) in [6.45, 7) is 3.73. The van der Waals surface area contributed by atoms with Crippen molar-refractivity contribution in [3.8, 4) is 5.75 Å². The molecule has 1 rings (SSSR count). The molecule has 0 aliphatic heterocycles. The van der Waals surface area contributed by atoms with Crippen molar-refractivity contribution in [3.63, 3.8) is 0 Å². The number of benzene rings is 1. The summed E-state index contributed by atoms with van der Waals surface area (Å²) in [6.07, 6.45) is 2.14. The van der Waals surface area contributed by atoms with Crippen molar-refractivity contribution in [2.75, 3.05) is 19.8 Å². The van der Waals surface area contributed by atoms with Crippen molar-refractivity contribution >= 4 is 17.2 Å². The van der Waals surface area contributed by atoms with Gasteiger partial charge in [0.25, 0.3) is 0 Å². The molecule has 0 aliphatic carbocycles. The lowest BCUT2D eigenvalue weighted by atomic mass is 10.2. The van der Waals surface area contributed by atoms with Crippen LogP contribution in [0.3, 0.4) is 0 Å². The summed E-state index contributed by atoms with van der Waals surface area (Å²) in [6, 6.07) is 4.44. The highest BCUT2D eigenvalue weighted by Crippen LogP contribution is 2.16. The third-order valence-corrected chi connectivity index (χ3v) is 2.56. The van der Waals surface area contributed by atoms with Gasteiger partial charge < -0.3 is 15.2 Å². The first-order chi connectivity index (χ1) is 8.65. The molecular weight excluding hydrogens is 253 g/mol. The first kappa shape index (κ1) is 14.9.